The normalized spacial score (nSPS) is 20.2. The Balaban J connectivity index is 1.32. The van der Waals surface area contributed by atoms with Crippen LogP contribution in [0.2, 0.25) is 0 Å². The van der Waals surface area contributed by atoms with Crippen molar-refractivity contribution in [1.29, 1.82) is 0 Å². The van der Waals surface area contributed by atoms with Gasteiger partial charge in [0.2, 0.25) is 10.0 Å². The molecule has 4 rings (SSSR count). The molecule has 7 heteroatoms. The second-order valence-corrected chi connectivity index (χ2v) is 10.8. The molecule has 0 saturated carbocycles. The van der Waals surface area contributed by atoms with Crippen molar-refractivity contribution in [1.82, 2.24) is 9.62 Å². The van der Waals surface area contributed by atoms with Crippen molar-refractivity contribution in [2.24, 2.45) is 5.92 Å². The summed E-state index contributed by atoms with van der Waals surface area (Å²) in [6, 6.07) is 17.4. The number of sulfonamides is 1. The average Bonchev–Trinajstić information content (AvgIpc) is 2.84. The number of ketones is 1. The van der Waals surface area contributed by atoms with E-state index in [0.717, 1.165) is 51.0 Å². The minimum absolute atomic E-state index is 0.331. The molecular weight excluding hydrogens is 422 g/mol. The summed E-state index contributed by atoms with van der Waals surface area (Å²) in [7, 11) is -3.46. The van der Waals surface area contributed by atoms with E-state index in [2.05, 4.69) is 22.3 Å². The van der Waals surface area contributed by atoms with E-state index in [-0.39, 0.29) is 0 Å². The zero-order valence-corrected chi connectivity index (χ0v) is 19.4. The van der Waals surface area contributed by atoms with E-state index in [1.165, 1.54) is 9.87 Å². The second kappa shape index (κ2) is 10.6. The third kappa shape index (κ3) is 5.77. The predicted octanol–water partition coefficient (Wildman–Crippen LogP) is 3.44. The summed E-state index contributed by atoms with van der Waals surface area (Å²) >= 11 is 0. The van der Waals surface area contributed by atoms with Crippen molar-refractivity contribution in [3.05, 3.63) is 60.2 Å². The lowest BCUT2D eigenvalue weighted by atomic mass is 9.91. The topological polar surface area (TPSA) is 69.7 Å². The minimum Gasteiger partial charge on any atom is -0.371 e. The van der Waals surface area contributed by atoms with Gasteiger partial charge in [-0.2, -0.15) is 4.31 Å². The summed E-state index contributed by atoms with van der Waals surface area (Å²) in [4.78, 5) is 15.2. The Morgan fingerprint density at radius 2 is 1.78 bits per heavy atom. The molecule has 2 aromatic carbocycles. The summed E-state index contributed by atoms with van der Waals surface area (Å²) in [5.41, 5.74) is 2.24. The zero-order valence-electron chi connectivity index (χ0n) is 18.6. The van der Waals surface area contributed by atoms with Crippen LogP contribution >= 0.6 is 0 Å². The molecule has 2 saturated heterocycles. The molecule has 0 aliphatic carbocycles. The molecule has 0 bridgehead atoms. The van der Waals surface area contributed by atoms with E-state index < -0.39 is 10.0 Å². The molecular formula is C25H33N3O3S. The minimum atomic E-state index is -3.46. The van der Waals surface area contributed by atoms with Gasteiger partial charge in [-0.25, -0.2) is 8.42 Å². The van der Waals surface area contributed by atoms with E-state index >= 15 is 0 Å². The molecule has 1 atom stereocenters. The van der Waals surface area contributed by atoms with Crippen molar-refractivity contribution >= 4 is 21.5 Å². The maximum Gasteiger partial charge on any atom is 0.244 e. The SMILES string of the molecule is O=C(CCc1ccccc1)CC1CCCN(c2ccc(S(=O)(=O)N3CCCNC3)cc2)C1. The number of nitrogens with one attached hydrogen (secondary N) is 1. The molecule has 2 fully saturated rings. The molecule has 32 heavy (non-hydrogen) atoms. The van der Waals surface area contributed by atoms with Crippen LogP contribution in [-0.4, -0.2) is 51.4 Å². The molecule has 1 N–H and O–H groups in total. The number of benzene rings is 2. The van der Waals surface area contributed by atoms with Crippen molar-refractivity contribution in [3.8, 4) is 0 Å². The number of Topliss-reactive ketones (excluding diaryl/α,β-unsaturated/α-hetero) is 1. The largest absolute Gasteiger partial charge is 0.371 e. The monoisotopic (exact) mass is 455 g/mol. The lowest BCUT2D eigenvalue weighted by Crippen LogP contribution is -2.44. The summed E-state index contributed by atoms with van der Waals surface area (Å²) in [5.74, 6) is 0.687. The van der Waals surface area contributed by atoms with Gasteiger partial charge >= 0.3 is 0 Å². The van der Waals surface area contributed by atoms with Gasteiger partial charge in [0.05, 0.1) is 11.6 Å². The summed E-state index contributed by atoms with van der Waals surface area (Å²) < 4.78 is 27.2. The Bertz CT molecular complexity index is 987. The van der Waals surface area contributed by atoms with Gasteiger partial charge in [0.15, 0.2) is 0 Å². The van der Waals surface area contributed by atoms with E-state index in [1.54, 1.807) is 12.1 Å². The van der Waals surface area contributed by atoms with Crippen LogP contribution in [0.1, 0.15) is 37.7 Å². The standard InChI is InChI=1S/C25H33N3O3S/c29-24(12-9-21-6-2-1-3-7-21)18-22-8-4-16-27(19-22)23-10-13-25(14-11-23)32(30,31)28-17-5-15-26-20-28/h1-3,6-7,10-11,13-14,22,26H,4-5,8-9,12,15-20H2. The number of nitrogens with zero attached hydrogens (tertiary/aromatic N) is 2. The second-order valence-electron chi connectivity index (χ2n) is 8.87. The maximum absolute atomic E-state index is 12.8. The summed E-state index contributed by atoms with van der Waals surface area (Å²) in [6.07, 6.45) is 4.98. The van der Waals surface area contributed by atoms with Crippen LogP contribution in [-0.2, 0) is 21.2 Å². The lowest BCUT2D eigenvalue weighted by Gasteiger charge is -2.34. The highest BCUT2D eigenvalue weighted by molar-refractivity contribution is 7.89. The van der Waals surface area contributed by atoms with Gasteiger partial charge in [0.25, 0.3) is 0 Å². The molecule has 172 valence electrons. The fraction of sp³-hybridized carbons (Fsp3) is 0.480. The van der Waals surface area contributed by atoms with Crippen molar-refractivity contribution < 1.29 is 13.2 Å². The average molecular weight is 456 g/mol. The first-order valence-electron chi connectivity index (χ1n) is 11.6. The van der Waals surface area contributed by atoms with Gasteiger partial charge in [0.1, 0.15) is 5.78 Å². The summed E-state index contributed by atoms with van der Waals surface area (Å²) in [5, 5.41) is 3.12. The highest BCUT2D eigenvalue weighted by Crippen LogP contribution is 2.27. The van der Waals surface area contributed by atoms with Crippen molar-refractivity contribution in [2.45, 2.75) is 43.4 Å². The first-order valence-corrected chi connectivity index (χ1v) is 13.1. The zero-order chi connectivity index (χ0) is 22.4. The van der Waals surface area contributed by atoms with Crippen LogP contribution in [0.15, 0.2) is 59.5 Å². The number of carbonyl (C=O) groups is 1. The fourth-order valence-electron chi connectivity index (χ4n) is 4.67. The van der Waals surface area contributed by atoms with Crippen LogP contribution in [0.5, 0.6) is 0 Å². The number of hydrogen-bond acceptors (Lipinski definition) is 5. The van der Waals surface area contributed by atoms with Crippen LogP contribution in [0.4, 0.5) is 5.69 Å². The number of hydrogen-bond donors (Lipinski definition) is 1. The smallest absolute Gasteiger partial charge is 0.244 e. The van der Waals surface area contributed by atoms with E-state index in [0.29, 0.717) is 42.7 Å². The Hall–Kier alpha value is -2.22. The molecule has 2 heterocycles. The van der Waals surface area contributed by atoms with Gasteiger partial charge in [-0.3, -0.25) is 4.79 Å². The van der Waals surface area contributed by atoms with E-state index in [1.807, 2.05) is 30.3 Å². The van der Waals surface area contributed by atoms with Crippen LogP contribution in [0.25, 0.3) is 0 Å². The van der Waals surface area contributed by atoms with Crippen molar-refractivity contribution in [2.75, 3.05) is 37.7 Å². The Morgan fingerprint density at radius 3 is 2.50 bits per heavy atom. The highest BCUT2D eigenvalue weighted by Gasteiger charge is 2.27. The molecule has 2 aliphatic rings. The maximum atomic E-state index is 12.8. The predicted molar refractivity (Wildman–Crippen MR) is 127 cm³/mol. The van der Waals surface area contributed by atoms with Crippen LogP contribution in [0.3, 0.4) is 0 Å². The van der Waals surface area contributed by atoms with Gasteiger partial charge < -0.3 is 10.2 Å². The Morgan fingerprint density at radius 1 is 1.00 bits per heavy atom. The number of aryl methyl sites for hydroxylation is 1. The molecule has 0 amide bonds. The Labute approximate surface area is 191 Å². The number of piperidine rings is 1. The number of carbonyl (C=O) groups excluding carboxylic acids is 1. The third-order valence-electron chi connectivity index (χ3n) is 6.46. The fourth-order valence-corrected chi connectivity index (χ4v) is 6.07. The highest BCUT2D eigenvalue weighted by atomic mass is 32.2. The van der Waals surface area contributed by atoms with Gasteiger partial charge in [-0.05, 0) is 68.0 Å². The molecule has 2 aliphatic heterocycles. The lowest BCUT2D eigenvalue weighted by molar-refractivity contribution is -0.120. The molecule has 6 nitrogen and oxygen atoms in total. The first-order chi connectivity index (χ1) is 15.5. The van der Waals surface area contributed by atoms with Crippen LogP contribution in [0, 0.1) is 5.92 Å². The molecule has 1 unspecified atom stereocenters. The van der Waals surface area contributed by atoms with Crippen molar-refractivity contribution in [3.63, 3.8) is 0 Å². The third-order valence-corrected chi connectivity index (χ3v) is 8.32. The number of anilines is 1. The molecule has 0 aromatic heterocycles. The summed E-state index contributed by atoms with van der Waals surface area (Å²) in [6.45, 7) is 3.57. The quantitative estimate of drug-likeness (QED) is 0.660. The molecule has 0 radical (unpaired) electrons. The first kappa shape index (κ1) is 23.0. The van der Waals surface area contributed by atoms with Gasteiger partial charge in [-0.1, -0.05) is 30.3 Å². The number of rotatable bonds is 8. The van der Waals surface area contributed by atoms with Gasteiger partial charge in [-0.15, -0.1) is 0 Å². The van der Waals surface area contributed by atoms with E-state index in [4.69, 9.17) is 0 Å². The van der Waals surface area contributed by atoms with Crippen LogP contribution < -0.4 is 10.2 Å². The van der Waals surface area contributed by atoms with E-state index in [9.17, 15) is 13.2 Å². The molecule has 2 aromatic rings. The van der Waals surface area contributed by atoms with Gasteiger partial charge in [0, 0.05) is 38.2 Å². The molecule has 0 spiro atoms. The Kier molecular flexibility index (Phi) is 7.60.